The van der Waals surface area contributed by atoms with Gasteiger partial charge in [-0.15, -0.1) is 0 Å². The molecule has 0 aliphatic rings. The predicted molar refractivity (Wildman–Crippen MR) is 108 cm³/mol. The fourth-order valence-corrected chi connectivity index (χ4v) is 2.78. The number of allylic oxidation sites excluding steroid dienone is 7. The average molecular weight is 348 g/mol. The van der Waals surface area contributed by atoms with Crippen LogP contribution in [0.2, 0.25) is 0 Å². The van der Waals surface area contributed by atoms with Gasteiger partial charge in [0.25, 0.3) is 0 Å². The summed E-state index contributed by atoms with van der Waals surface area (Å²) in [7, 11) is 0. The quantitative estimate of drug-likeness (QED) is 0.302. The molecule has 25 heavy (non-hydrogen) atoms. The second-order valence-electron chi connectivity index (χ2n) is 7.06. The number of carbonyl (C=O) groups excluding carboxylic acids is 1. The third-order valence-corrected chi connectivity index (χ3v) is 4.09. The topological polar surface area (TPSA) is 49.3 Å². The molecule has 0 fully saturated rings. The molecule has 0 aliphatic heterocycles. The van der Waals surface area contributed by atoms with E-state index in [1.165, 1.54) is 30.9 Å². The molecule has 0 aromatic carbocycles. The van der Waals surface area contributed by atoms with E-state index in [1.54, 1.807) is 6.08 Å². The van der Waals surface area contributed by atoms with Crippen molar-refractivity contribution in [2.45, 2.75) is 53.9 Å². The molecular formula is C22H37NO2. The van der Waals surface area contributed by atoms with Gasteiger partial charge < -0.3 is 10.4 Å². The Labute approximate surface area is 154 Å². The van der Waals surface area contributed by atoms with Crippen LogP contribution in [0.4, 0.5) is 0 Å². The molecule has 3 nitrogen and oxygen atoms in total. The molecular weight excluding hydrogens is 310 g/mol. The zero-order valence-electron chi connectivity index (χ0n) is 16.7. The molecule has 0 spiro atoms. The number of hydrogen-bond acceptors (Lipinski definition) is 2. The second-order valence-corrected chi connectivity index (χ2v) is 7.06. The van der Waals surface area contributed by atoms with Gasteiger partial charge in [0.05, 0.1) is 6.61 Å². The minimum absolute atomic E-state index is 0.0403. The number of amides is 1. The maximum atomic E-state index is 11.3. The van der Waals surface area contributed by atoms with E-state index >= 15 is 0 Å². The highest BCUT2D eigenvalue weighted by Gasteiger charge is 2.07. The van der Waals surface area contributed by atoms with Gasteiger partial charge in [0.2, 0.25) is 5.91 Å². The maximum Gasteiger partial charge on any atom is 0.244 e. The smallest absolute Gasteiger partial charge is 0.244 e. The molecule has 0 aliphatic carbocycles. The standard InChI is InChI=1S/C22H37NO2/c1-6-18(2)15-20(4)17-21(5)16-19(3)11-9-7-8-10-12-22(25)23-13-14-24/h7-12,15,18-19,21,24H,6,13-14,16-17H2,1-5H3,(H,23,25)/b8-7+,11-9+,12-10+,20-15+/t18-,19-,21-/m0/s1. The first-order valence-electron chi connectivity index (χ1n) is 9.46. The van der Waals surface area contributed by atoms with Gasteiger partial charge >= 0.3 is 0 Å². The van der Waals surface area contributed by atoms with E-state index in [4.69, 9.17) is 5.11 Å². The van der Waals surface area contributed by atoms with E-state index in [0.717, 1.165) is 0 Å². The van der Waals surface area contributed by atoms with Crippen LogP contribution < -0.4 is 5.32 Å². The highest BCUT2D eigenvalue weighted by molar-refractivity contribution is 5.87. The largest absolute Gasteiger partial charge is 0.395 e. The molecule has 0 aromatic rings. The second kappa shape index (κ2) is 14.7. The first kappa shape index (κ1) is 23.4. The van der Waals surface area contributed by atoms with E-state index < -0.39 is 0 Å². The molecule has 3 atom stereocenters. The average Bonchev–Trinajstić information content (AvgIpc) is 2.55. The van der Waals surface area contributed by atoms with Crippen molar-refractivity contribution < 1.29 is 9.90 Å². The predicted octanol–water partition coefficient (Wildman–Crippen LogP) is 4.81. The van der Waals surface area contributed by atoms with Gasteiger partial charge in [-0.1, -0.05) is 76.1 Å². The van der Waals surface area contributed by atoms with Crippen molar-refractivity contribution in [2.75, 3.05) is 13.2 Å². The van der Waals surface area contributed by atoms with Gasteiger partial charge in [-0.3, -0.25) is 4.79 Å². The van der Waals surface area contributed by atoms with Crippen LogP contribution in [-0.4, -0.2) is 24.2 Å². The number of aliphatic hydroxyl groups is 1. The summed E-state index contributed by atoms with van der Waals surface area (Å²) in [5.41, 5.74) is 1.50. The maximum absolute atomic E-state index is 11.3. The summed E-state index contributed by atoms with van der Waals surface area (Å²) in [6.45, 7) is 11.6. The lowest BCUT2D eigenvalue weighted by Gasteiger charge is -2.15. The fraction of sp³-hybridized carbons (Fsp3) is 0.591. The van der Waals surface area contributed by atoms with Gasteiger partial charge in [-0.2, -0.15) is 0 Å². The lowest BCUT2D eigenvalue weighted by atomic mass is 9.90. The monoisotopic (exact) mass is 347 g/mol. The Kier molecular flexibility index (Phi) is 13.8. The van der Waals surface area contributed by atoms with Crippen molar-refractivity contribution in [3.8, 4) is 0 Å². The van der Waals surface area contributed by atoms with Crippen molar-refractivity contribution >= 4 is 5.91 Å². The van der Waals surface area contributed by atoms with Crippen LogP contribution in [0.15, 0.2) is 48.1 Å². The summed E-state index contributed by atoms with van der Waals surface area (Å²) in [5, 5.41) is 11.2. The Morgan fingerprint density at radius 1 is 1.08 bits per heavy atom. The fourth-order valence-electron chi connectivity index (χ4n) is 2.78. The third-order valence-electron chi connectivity index (χ3n) is 4.09. The zero-order chi connectivity index (χ0) is 19.1. The first-order valence-corrected chi connectivity index (χ1v) is 9.46. The highest BCUT2D eigenvalue weighted by Crippen LogP contribution is 2.21. The van der Waals surface area contributed by atoms with Gasteiger partial charge in [0.1, 0.15) is 0 Å². The number of rotatable bonds is 12. The molecule has 0 saturated carbocycles. The zero-order valence-corrected chi connectivity index (χ0v) is 16.7. The SMILES string of the molecule is CC[C@H](C)/C=C(\C)C[C@@H](C)C[C@@H](C)/C=C/C=C/C=C/C(=O)NCCO. The van der Waals surface area contributed by atoms with Gasteiger partial charge in [-0.05, 0) is 37.5 Å². The van der Waals surface area contributed by atoms with Gasteiger partial charge in [-0.25, -0.2) is 0 Å². The van der Waals surface area contributed by atoms with Crippen LogP contribution in [0.3, 0.4) is 0 Å². The van der Waals surface area contributed by atoms with Crippen molar-refractivity contribution in [2.24, 2.45) is 17.8 Å². The Hall–Kier alpha value is -1.61. The summed E-state index contributed by atoms with van der Waals surface area (Å²) in [5.74, 6) is 1.70. The summed E-state index contributed by atoms with van der Waals surface area (Å²) in [6.07, 6.45) is 17.1. The molecule has 0 radical (unpaired) electrons. The molecule has 0 aromatic heterocycles. The summed E-state index contributed by atoms with van der Waals surface area (Å²) in [6, 6.07) is 0. The Morgan fingerprint density at radius 2 is 1.76 bits per heavy atom. The van der Waals surface area contributed by atoms with Crippen molar-refractivity contribution in [3.05, 3.63) is 48.1 Å². The van der Waals surface area contributed by atoms with E-state index in [9.17, 15) is 4.79 Å². The van der Waals surface area contributed by atoms with Gasteiger partial charge in [0.15, 0.2) is 0 Å². The summed E-state index contributed by atoms with van der Waals surface area (Å²) >= 11 is 0. The Morgan fingerprint density at radius 3 is 2.40 bits per heavy atom. The molecule has 0 saturated heterocycles. The van der Waals surface area contributed by atoms with Crippen LogP contribution in [0.5, 0.6) is 0 Å². The third kappa shape index (κ3) is 14.4. The molecule has 0 heterocycles. The normalized spacial score (nSPS) is 16.6. The van der Waals surface area contributed by atoms with Crippen molar-refractivity contribution in [1.29, 1.82) is 0 Å². The van der Waals surface area contributed by atoms with E-state index in [-0.39, 0.29) is 19.1 Å². The van der Waals surface area contributed by atoms with Crippen LogP contribution in [0.1, 0.15) is 53.9 Å². The van der Waals surface area contributed by atoms with E-state index in [1.807, 2.05) is 18.2 Å². The molecule has 0 rings (SSSR count). The minimum atomic E-state index is -0.189. The highest BCUT2D eigenvalue weighted by atomic mass is 16.3. The molecule has 3 heteroatoms. The van der Waals surface area contributed by atoms with E-state index in [2.05, 4.69) is 52.1 Å². The molecule has 0 unspecified atom stereocenters. The van der Waals surface area contributed by atoms with Crippen LogP contribution in [0.25, 0.3) is 0 Å². The van der Waals surface area contributed by atoms with Gasteiger partial charge in [0, 0.05) is 12.6 Å². The van der Waals surface area contributed by atoms with E-state index in [0.29, 0.717) is 17.8 Å². The number of aliphatic hydroxyl groups excluding tert-OH is 1. The van der Waals surface area contributed by atoms with Crippen molar-refractivity contribution in [1.82, 2.24) is 5.32 Å². The molecule has 2 N–H and O–H groups in total. The Balaban J connectivity index is 4.15. The summed E-state index contributed by atoms with van der Waals surface area (Å²) < 4.78 is 0. The summed E-state index contributed by atoms with van der Waals surface area (Å²) in [4.78, 5) is 11.3. The van der Waals surface area contributed by atoms with Crippen LogP contribution >= 0.6 is 0 Å². The minimum Gasteiger partial charge on any atom is -0.395 e. The lowest BCUT2D eigenvalue weighted by molar-refractivity contribution is -0.116. The molecule has 0 bridgehead atoms. The number of nitrogens with one attached hydrogen (secondary N) is 1. The Bertz CT molecular complexity index is 474. The van der Waals surface area contributed by atoms with Crippen LogP contribution in [0, 0.1) is 17.8 Å². The number of hydrogen-bond donors (Lipinski definition) is 2. The molecule has 1 amide bonds. The van der Waals surface area contributed by atoms with Crippen LogP contribution in [-0.2, 0) is 4.79 Å². The van der Waals surface area contributed by atoms with Crippen molar-refractivity contribution in [3.63, 3.8) is 0 Å². The first-order chi connectivity index (χ1) is 11.9. The number of carbonyl (C=O) groups is 1. The lowest BCUT2D eigenvalue weighted by Crippen LogP contribution is -2.24. The molecule has 142 valence electrons.